The van der Waals surface area contributed by atoms with E-state index in [1.54, 1.807) is 4.90 Å². The second kappa shape index (κ2) is 6.97. The molecule has 1 heterocycles. The van der Waals surface area contributed by atoms with Crippen molar-refractivity contribution >= 4 is 5.91 Å². The van der Waals surface area contributed by atoms with Crippen LogP contribution in [0.5, 0.6) is 0 Å². The summed E-state index contributed by atoms with van der Waals surface area (Å²) >= 11 is 0. The lowest BCUT2D eigenvalue weighted by Gasteiger charge is -2.18. The minimum atomic E-state index is 0.0368. The Labute approximate surface area is 136 Å². The maximum absolute atomic E-state index is 12.7. The van der Waals surface area contributed by atoms with Crippen LogP contribution in [-0.2, 0) is 13.1 Å². The number of rotatable bonds is 5. The van der Waals surface area contributed by atoms with Gasteiger partial charge in [-0.1, -0.05) is 60.7 Å². The normalized spacial score (nSPS) is 10.5. The molecule has 3 aromatic rings. The molecule has 2 aromatic carbocycles. The largest absolute Gasteiger partial charge is 0.339 e. The van der Waals surface area contributed by atoms with Crippen molar-refractivity contribution in [3.63, 3.8) is 0 Å². The van der Waals surface area contributed by atoms with E-state index in [9.17, 15) is 4.79 Å². The lowest BCUT2D eigenvalue weighted by atomic mass is 10.2. The highest BCUT2D eigenvalue weighted by Crippen LogP contribution is 2.12. The van der Waals surface area contributed by atoms with Gasteiger partial charge in [0.25, 0.3) is 5.91 Å². The molecule has 0 N–H and O–H groups in total. The Balaban J connectivity index is 1.74. The summed E-state index contributed by atoms with van der Waals surface area (Å²) < 4.78 is 2.00. The van der Waals surface area contributed by atoms with E-state index in [4.69, 9.17) is 0 Å². The van der Waals surface area contributed by atoms with Gasteiger partial charge in [0.2, 0.25) is 0 Å². The van der Waals surface area contributed by atoms with E-state index >= 15 is 0 Å². The lowest BCUT2D eigenvalue weighted by molar-refractivity contribution is 0.0775. The minimum Gasteiger partial charge on any atom is -0.339 e. The second-order valence-corrected chi connectivity index (χ2v) is 5.65. The molecule has 0 bridgehead atoms. The Kier molecular flexibility index (Phi) is 4.57. The summed E-state index contributed by atoms with van der Waals surface area (Å²) in [5.41, 5.74) is 3.03. The van der Waals surface area contributed by atoms with E-state index < -0.39 is 0 Å². The highest BCUT2D eigenvalue weighted by molar-refractivity contribution is 5.92. The van der Waals surface area contributed by atoms with E-state index in [2.05, 4.69) is 12.1 Å². The van der Waals surface area contributed by atoms with Crippen LogP contribution in [0.3, 0.4) is 0 Å². The molecule has 0 saturated carbocycles. The molecule has 0 aliphatic carbocycles. The SMILES string of the molecule is CN(Cc1ccccc1)C(=O)c1cccn1Cc1ccccc1. The maximum atomic E-state index is 12.7. The van der Waals surface area contributed by atoms with Crippen molar-refractivity contribution in [2.75, 3.05) is 7.05 Å². The molecule has 23 heavy (non-hydrogen) atoms. The van der Waals surface area contributed by atoms with Gasteiger partial charge >= 0.3 is 0 Å². The van der Waals surface area contributed by atoms with Gasteiger partial charge in [0.1, 0.15) is 5.69 Å². The third kappa shape index (κ3) is 3.69. The molecule has 0 fully saturated rings. The number of hydrogen-bond donors (Lipinski definition) is 0. The Morgan fingerprint density at radius 3 is 2.13 bits per heavy atom. The Bertz CT molecular complexity index is 763. The molecule has 3 heteroatoms. The number of hydrogen-bond acceptors (Lipinski definition) is 1. The highest BCUT2D eigenvalue weighted by atomic mass is 16.2. The highest BCUT2D eigenvalue weighted by Gasteiger charge is 2.15. The number of aromatic nitrogens is 1. The van der Waals surface area contributed by atoms with Crippen molar-refractivity contribution in [1.29, 1.82) is 0 Å². The predicted octanol–water partition coefficient (Wildman–Crippen LogP) is 3.81. The van der Waals surface area contributed by atoms with Crippen LogP contribution in [0.15, 0.2) is 79.0 Å². The number of nitrogens with zero attached hydrogens (tertiary/aromatic N) is 2. The van der Waals surface area contributed by atoms with E-state index in [0.29, 0.717) is 18.8 Å². The third-order valence-electron chi connectivity index (χ3n) is 3.85. The number of carbonyl (C=O) groups is 1. The van der Waals surface area contributed by atoms with Gasteiger partial charge in [0, 0.05) is 26.3 Å². The van der Waals surface area contributed by atoms with Gasteiger partial charge in [-0.05, 0) is 23.3 Å². The fourth-order valence-electron chi connectivity index (χ4n) is 2.65. The molecule has 0 atom stereocenters. The van der Waals surface area contributed by atoms with Crippen LogP contribution in [0.1, 0.15) is 21.6 Å². The molecule has 3 rings (SSSR count). The Morgan fingerprint density at radius 1 is 0.870 bits per heavy atom. The average Bonchev–Trinajstić information content (AvgIpc) is 3.04. The van der Waals surface area contributed by atoms with Crippen LogP contribution in [-0.4, -0.2) is 22.4 Å². The molecule has 1 aromatic heterocycles. The van der Waals surface area contributed by atoms with Crippen molar-refractivity contribution in [2.24, 2.45) is 0 Å². The van der Waals surface area contributed by atoms with Gasteiger partial charge < -0.3 is 9.47 Å². The molecular weight excluding hydrogens is 284 g/mol. The molecule has 0 aliphatic heterocycles. The molecule has 0 radical (unpaired) electrons. The summed E-state index contributed by atoms with van der Waals surface area (Å²) in [6.07, 6.45) is 1.95. The third-order valence-corrected chi connectivity index (χ3v) is 3.85. The first-order chi connectivity index (χ1) is 11.2. The fourth-order valence-corrected chi connectivity index (χ4v) is 2.65. The van der Waals surface area contributed by atoms with Crippen molar-refractivity contribution in [3.05, 3.63) is 95.8 Å². The second-order valence-electron chi connectivity index (χ2n) is 5.65. The fraction of sp³-hybridized carbons (Fsp3) is 0.150. The van der Waals surface area contributed by atoms with E-state index in [0.717, 1.165) is 5.56 Å². The van der Waals surface area contributed by atoms with Crippen molar-refractivity contribution in [2.45, 2.75) is 13.1 Å². The van der Waals surface area contributed by atoms with Gasteiger partial charge in [-0.25, -0.2) is 0 Å². The Morgan fingerprint density at radius 2 is 1.48 bits per heavy atom. The summed E-state index contributed by atoms with van der Waals surface area (Å²) in [6.45, 7) is 1.31. The van der Waals surface area contributed by atoms with Crippen molar-refractivity contribution in [3.8, 4) is 0 Å². The van der Waals surface area contributed by atoms with Gasteiger partial charge in [-0.2, -0.15) is 0 Å². The summed E-state index contributed by atoms with van der Waals surface area (Å²) in [5, 5.41) is 0. The summed E-state index contributed by atoms with van der Waals surface area (Å²) in [6, 6.07) is 24.0. The van der Waals surface area contributed by atoms with E-state index in [1.807, 2.05) is 78.5 Å². The molecule has 3 nitrogen and oxygen atoms in total. The summed E-state index contributed by atoms with van der Waals surface area (Å²) in [4.78, 5) is 14.5. The number of carbonyl (C=O) groups excluding carboxylic acids is 1. The topological polar surface area (TPSA) is 25.2 Å². The summed E-state index contributed by atoms with van der Waals surface area (Å²) in [7, 11) is 1.84. The monoisotopic (exact) mass is 304 g/mol. The van der Waals surface area contributed by atoms with Crippen LogP contribution in [0.4, 0.5) is 0 Å². The minimum absolute atomic E-state index is 0.0368. The van der Waals surface area contributed by atoms with Gasteiger partial charge in [0.05, 0.1) is 0 Å². The lowest BCUT2D eigenvalue weighted by Crippen LogP contribution is -2.28. The maximum Gasteiger partial charge on any atom is 0.270 e. The van der Waals surface area contributed by atoms with Crippen LogP contribution in [0.25, 0.3) is 0 Å². The molecule has 0 aliphatic rings. The zero-order valence-corrected chi connectivity index (χ0v) is 13.2. The van der Waals surface area contributed by atoms with Gasteiger partial charge in [-0.3, -0.25) is 4.79 Å². The predicted molar refractivity (Wildman–Crippen MR) is 92.2 cm³/mol. The first-order valence-electron chi connectivity index (χ1n) is 7.72. The molecule has 0 spiro atoms. The van der Waals surface area contributed by atoms with Crippen molar-refractivity contribution in [1.82, 2.24) is 9.47 Å². The molecule has 0 saturated heterocycles. The number of amides is 1. The van der Waals surface area contributed by atoms with E-state index in [1.165, 1.54) is 5.56 Å². The first-order valence-corrected chi connectivity index (χ1v) is 7.72. The van der Waals surface area contributed by atoms with Gasteiger partial charge in [-0.15, -0.1) is 0 Å². The molecule has 1 amide bonds. The van der Waals surface area contributed by atoms with Crippen LogP contribution in [0.2, 0.25) is 0 Å². The molecular formula is C20H20N2O. The molecule has 0 unspecified atom stereocenters. The Hall–Kier alpha value is -2.81. The average molecular weight is 304 g/mol. The molecule has 116 valence electrons. The van der Waals surface area contributed by atoms with Crippen LogP contribution >= 0.6 is 0 Å². The zero-order valence-electron chi connectivity index (χ0n) is 13.2. The van der Waals surface area contributed by atoms with Gasteiger partial charge in [0.15, 0.2) is 0 Å². The summed E-state index contributed by atoms with van der Waals surface area (Å²) in [5.74, 6) is 0.0368. The number of benzene rings is 2. The van der Waals surface area contributed by atoms with Crippen LogP contribution in [0, 0.1) is 0 Å². The van der Waals surface area contributed by atoms with Crippen LogP contribution < -0.4 is 0 Å². The smallest absolute Gasteiger partial charge is 0.270 e. The standard InChI is InChI=1S/C20H20N2O/c1-21(15-17-9-4-2-5-10-17)20(23)19-13-8-14-22(19)16-18-11-6-3-7-12-18/h2-14H,15-16H2,1H3. The quantitative estimate of drug-likeness (QED) is 0.703. The zero-order chi connectivity index (χ0) is 16.1. The van der Waals surface area contributed by atoms with Crippen molar-refractivity contribution < 1.29 is 4.79 Å². The first kappa shape index (κ1) is 15.1. The van der Waals surface area contributed by atoms with E-state index in [-0.39, 0.29) is 5.91 Å².